The number of benzene rings is 2. The first-order valence-electron chi connectivity index (χ1n) is 9.69. The van der Waals surface area contributed by atoms with E-state index in [0.29, 0.717) is 31.0 Å². The van der Waals surface area contributed by atoms with E-state index < -0.39 is 0 Å². The molecule has 0 atom stereocenters. The fraction of sp³-hybridized carbons (Fsp3) is 0.292. The molecule has 0 unspecified atom stereocenters. The molecule has 0 spiro atoms. The van der Waals surface area contributed by atoms with Gasteiger partial charge in [0.1, 0.15) is 18.1 Å². The molecule has 28 heavy (non-hydrogen) atoms. The second-order valence-electron chi connectivity index (χ2n) is 6.32. The number of carbonyl (C=O) groups excluding carboxylic acids is 1. The molecule has 1 amide bonds. The predicted molar refractivity (Wildman–Crippen MR) is 115 cm³/mol. The highest BCUT2D eigenvalue weighted by molar-refractivity contribution is 5.79. The Kier molecular flexibility index (Phi) is 7.88. The molecule has 1 N–H and O–H groups in total. The van der Waals surface area contributed by atoms with Gasteiger partial charge in [-0.25, -0.2) is 0 Å². The highest BCUT2D eigenvalue weighted by atomic mass is 16.5. The smallest absolute Gasteiger partial charge is 0.219 e. The van der Waals surface area contributed by atoms with Gasteiger partial charge in [-0.2, -0.15) is 0 Å². The summed E-state index contributed by atoms with van der Waals surface area (Å²) in [5.41, 5.74) is 4.01. The number of hydrogen-bond donors (Lipinski definition) is 1. The third kappa shape index (κ3) is 5.03. The molecule has 2 aromatic rings. The number of nitrogens with zero attached hydrogens (tertiary/aromatic N) is 1. The minimum Gasteiger partial charge on any atom is -0.507 e. The van der Waals surface area contributed by atoms with Gasteiger partial charge in [-0.15, -0.1) is 0 Å². The van der Waals surface area contributed by atoms with E-state index in [-0.39, 0.29) is 11.7 Å². The number of rotatable bonds is 5. The lowest BCUT2D eigenvalue weighted by atomic mass is 9.94. The summed E-state index contributed by atoms with van der Waals surface area (Å²) < 4.78 is 6.00. The Balaban J connectivity index is 0.00000136. The predicted octanol–water partition coefficient (Wildman–Crippen LogP) is 5.15. The molecule has 1 aliphatic rings. The average molecular weight is 380 g/mol. The van der Waals surface area contributed by atoms with Crippen LogP contribution in [0.15, 0.2) is 60.7 Å². The van der Waals surface area contributed by atoms with Crippen LogP contribution in [0.25, 0.3) is 11.6 Å². The van der Waals surface area contributed by atoms with E-state index in [4.69, 9.17) is 4.74 Å². The third-order valence-electron chi connectivity index (χ3n) is 4.68. The lowest BCUT2D eigenvalue weighted by Gasteiger charge is -2.30. The standard InChI is InChI=1S/C22H23NO3.C2H6/c1-3-19-21(25)10-7-11-22(19)26-15-18-12-13-23(16(2)24)14-20(18)17-8-5-4-6-9-17;1-2/h3-11,25H,1,12-15H2,2H3;1-2H3. The number of amides is 1. The molecule has 0 saturated carbocycles. The van der Waals surface area contributed by atoms with Crippen LogP contribution in [0.1, 0.15) is 38.3 Å². The van der Waals surface area contributed by atoms with Gasteiger partial charge in [-0.05, 0) is 35.3 Å². The van der Waals surface area contributed by atoms with E-state index in [0.717, 1.165) is 17.6 Å². The number of hydrogen-bond acceptors (Lipinski definition) is 3. The molecule has 0 fully saturated rings. The molecular weight excluding hydrogens is 350 g/mol. The maximum absolute atomic E-state index is 11.8. The Morgan fingerprint density at radius 1 is 1.18 bits per heavy atom. The molecule has 1 heterocycles. The zero-order valence-electron chi connectivity index (χ0n) is 16.9. The first kappa shape index (κ1) is 21.3. The van der Waals surface area contributed by atoms with Crippen LogP contribution in [0.4, 0.5) is 0 Å². The van der Waals surface area contributed by atoms with Crippen molar-refractivity contribution in [1.29, 1.82) is 0 Å². The summed E-state index contributed by atoms with van der Waals surface area (Å²) in [4.78, 5) is 13.7. The lowest BCUT2D eigenvalue weighted by Crippen LogP contribution is -2.35. The fourth-order valence-electron chi connectivity index (χ4n) is 3.19. The minimum absolute atomic E-state index is 0.0836. The maximum Gasteiger partial charge on any atom is 0.219 e. The number of aromatic hydroxyl groups is 1. The summed E-state index contributed by atoms with van der Waals surface area (Å²) in [6, 6.07) is 15.3. The number of phenolic OH excluding ortho intramolecular Hbond substituents is 1. The average Bonchev–Trinajstić information content (AvgIpc) is 2.74. The third-order valence-corrected chi connectivity index (χ3v) is 4.68. The van der Waals surface area contributed by atoms with E-state index in [1.807, 2.05) is 43.0 Å². The van der Waals surface area contributed by atoms with Gasteiger partial charge in [0.15, 0.2) is 0 Å². The highest BCUT2D eigenvalue weighted by Gasteiger charge is 2.22. The Morgan fingerprint density at radius 2 is 1.89 bits per heavy atom. The quantitative estimate of drug-likeness (QED) is 0.782. The molecule has 0 radical (unpaired) electrons. The maximum atomic E-state index is 11.8. The van der Waals surface area contributed by atoms with Crippen LogP contribution >= 0.6 is 0 Å². The van der Waals surface area contributed by atoms with E-state index in [1.165, 1.54) is 5.57 Å². The van der Waals surface area contributed by atoms with Gasteiger partial charge in [0.2, 0.25) is 5.91 Å². The van der Waals surface area contributed by atoms with Crippen LogP contribution in [0, 0.1) is 0 Å². The van der Waals surface area contributed by atoms with Crippen molar-refractivity contribution in [2.75, 3.05) is 19.7 Å². The van der Waals surface area contributed by atoms with Gasteiger partial charge in [-0.1, -0.05) is 62.9 Å². The van der Waals surface area contributed by atoms with Gasteiger partial charge in [0.05, 0.1) is 5.56 Å². The van der Waals surface area contributed by atoms with Crippen molar-refractivity contribution in [3.63, 3.8) is 0 Å². The number of ether oxygens (including phenoxy) is 1. The summed E-state index contributed by atoms with van der Waals surface area (Å²) in [6.45, 7) is 11.0. The normalized spacial score (nSPS) is 13.5. The van der Waals surface area contributed by atoms with Gasteiger partial charge in [-0.3, -0.25) is 4.79 Å². The van der Waals surface area contributed by atoms with E-state index >= 15 is 0 Å². The molecule has 148 valence electrons. The first-order chi connectivity index (χ1) is 13.6. The Morgan fingerprint density at radius 3 is 2.54 bits per heavy atom. The van der Waals surface area contributed by atoms with Crippen molar-refractivity contribution < 1.29 is 14.6 Å². The number of phenols is 1. The van der Waals surface area contributed by atoms with Crippen LogP contribution in [0.3, 0.4) is 0 Å². The molecular formula is C24H29NO3. The molecule has 3 rings (SSSR count). The van der Waals surface area contributed by atoms with Crippen molar-refractivity contribution in [3.05, 3.63) is 71.8 Å². The Bertz CT molecular complexity index is 840. The minimum atomic E-state index is 0.0836. The van der Waals surface area contributed by atoms with E-state index in [9.17, 15) is 9.90 Å². The van der Waals surface area contributed by atoms with Crippen LogP contribution in [0.2, 0.25) is 0 Å². The zero-order valence-corrected chi connectivity index (χ0v) is 16.9. The molecule has 0 aromatic heterocycles. The molecule has 4 heteroatoms. The van der Waals surface area contributed by atoms with Crippen molar-refractivity contribution in [3.8, 4) is 11.5 Å². The fourth-order valence-corrected chi connectivity index (χ4v) is 3.19. The van der Waals surface area contributed by atoms with Crippen LogP contribution in [-0.2, 0) is 4.79 Å². The topological polar surface area (TPSA) is 49.8 Å². The van der Waals surface area contributed by atoms with Crippen molar-refractivity contribution in [2.45, 2.75) is 27.2 Å². The van der Waals surface area contributed by atoms with Crippen LogP contribution < -0.4 is 4.74 Å². The summed E-state index contributed by atoms with van der Waals surface area (Å²) >= 11 is 0. The van der Waals surface area contributed by atoms with Crippen LogP contribution in [0.5, 0.6) is 11.5 Å². The molecule has 0 saturated heterocycles. The van der Waals surface area contributed by atoms with Crippen molar-refractivity contribution >= 4 is 17.6 Å². The van der Waals surface area contributed by atoms with Gasteiger partial charge < -0.3 is 14.7 Å². The Labute approximate surface area is 167 Å². The largest absolute Gasteiger partial charge is 0.507 e. The lowest BCUT2D eigenvalue weighted by molar-refractivity contribution is -0.128. The van der Waals surface area contributed by atoms with Gasteiger partial charge in [0, 0.05) is 20.0 Å². The summed E-state index contributed by atoms with van der Waals surface area (Å²) in [5.74, 6) is 0.843. The molecule has 1 aliphatic heterocycles. The SMILES string of the molecule is C=Cc1c(O)cccc1OCC1=C(c2ccccc2)CN(C(C)=O)CC1.CC. The monoisotopic (exact) mass is 379 g/mol. The van der Waals surface area contributed by atoms with Crippen molar-refractivity contribution in [1.82, 2.24) is 4.90 Å². The Hall–Kier alpha value is -3.01. The summed E-state index contributed by atoms with van der Waals surface area (Å²) in [6.07, 6.45) is 2.36. The van der Waals surface area contributed by atoms with Gasteiger partial charge >= 0.3 is 0 Å². The first-order valence-corrected chi connectivity index (χ1v) is 9.69. The zero-order chi connectivity index (χ0) is 20.5. The molecule has 0 bridgehead atoms. The second kappa shape index (κ2) is 10.4. The van der Waals surface area contributed by atoms with Gasteiger partial charge in [0.25, 0.3) is 0 Å². The highest BCUT2D eigenvalue weighted by Crippen LogP contribution is 2.31. The van der Waals surface area contributed by atoms with E-state index in [2.05, 4.69) is 18.7 Å². The molecule has 0 aliphatic carbocycles. The molecule has 4 nitrogen and oxygen atoms in total. The summed E-state index contributed by atoms with van der Waals surface area (Å²) in [5, 5.41) is 9.95. The number of carbonyl (C=O) groups is 1. The van der Waals surface area contributed by atoms with Crippen LogP contribution in [-0.4, -0.2) is 35.6 Å². The van der Waals surface area contributed by atoms with Crippen molar-refractivity contribution in [2.24, 2.45) is 0 Å². The second-order valence-corrected chi connectivity index (χ2v) is 6.32. The van der Waals surface area contributed by atoms with E-state index in [1.54, 1.807) is 25.1 Å². The molecule has 2 aromatic carbocycles. The summed E-state index contributed by atoms with van der Waals surface area (Å²) in [7, 11) is 0.